The number of nitrogens with zero attached hydrogens (tertiary/aromatic N) is 2. The number of benzene rings is 2. The average Bonchev–Trinajstić information content (AvgIpc) is 2.73. The van der Waals surface area contributed by atoms with Crippen molar-refractivity contribution >= 4 is 39.1 Å². The van der Waals surface area contributed by atoms with Crippen LogP contribution in [0.2, 0.25) is 5.02 Å². The fourth-order valence-corrected chi connectivity index (χ4v) is 4.86. The lowest BCUT2D eigenvalue weighted by Crippen LogP contribution is -2.52. The number of carbonyl (C=O) groups excluding carboxylic acids is 2. The van der Waals surface area contributed by atoms with Crippen LogP contribution in [0.15, 0.2) is 42.5 Å². The highest BCUT2D eigenvalue weighted by Gasteiger charge is 2.32. The zero-order valence-corrected chi connectivity index (χ0v) is 21.3. The average molecular weight is 494 g/mol. The van der Waals surface area contributed by atoms with Gasteiger partial charge >= 0.3 is 0 Å². The molecule has 0 radical (unpaired) electrons. The van der Waals surface area contributed by atoms with Crippen LogP contribution in [0, 0.1) is 13.8 Å². The molecule has 0 aliphatic heterocycles. The van der Waals surface area contributed by atoms with Crippen LogP contribution in [0.5, 0.6) is 0 Å². The first-order valence-corrected chi connectivity index (χ1v) is 13.1. The first kappa shape index (κ1) is 26.7. The summed E-state index contributed by atoms with van der Waals surface area (Å²) < 4.78 is 26.6. The molecule has 0 saturated heterocycles. The van der Waals surface area contributed by atoms with Crippen LogP contribution in [0.1, 0.15) is 37.0 Å². The van der Waals surface area contributed by atoms with E-state index in [9.17, 15) is 18.0 Å². The first-order valence-electron chi connectivity index (χ1n) is 10.8. The van der Waals surface area contributed by atoms with Gasteiger partial charge in [0.2, 0.25) is 21.8 Å². The minimum absolute atomic E-state index is 0.149. The molecule has 1 N–H and O–H groups in total. The van der Waals surface area contributed by atoms with E-state index in [1.54, 1.807) is 50.2 Å². The molecule has 0 saturated carbocycles. The molecule has 0 fully saturated rings. The summed E-state index contributed by atoms with van der Waals surface area (Å²) in [6, 6.07) is 11.7. The number of aryl methyl sites for hydroxylation is 2. The van der Waals surface area contributed by atoms with Crippen molar-refractivity contribution in [1.82, 2.24) is 10.2 Å². The maximum atomic E-state index is 13.6. The summed E-state index contributed by atoms with van der Waals surface area (Å²) in [7, 11) is -3.77. The summed E-state index contributed by atoms with van der Waals surface area (Å²) in [4.78, 5) is 27.8. The standard InChI is InChI=1S/C24H32ClN3O4S/c1-6-21(24(30)26-7-2)27(15-19-11-13-20(25)14-12-19)22(29)16-28(33(5,31)32)23-17(3)9-8-10-18(23)4/h8-14,21H,6-7,15-16H2,1-5H3,(H,26,30)/t21-/m0/s1. The highest BCUT2D eigenvalue weighted by molar-refractivity contribution is 7.92. The van der Waals surface area contributed by atoms with Gasteiger partial charge in [0.1, 0.15) is 12.6 Å². The minimum atomic E-state index is -3.77. The van der Waals surface area contributed by atoms with Gasteiger partial charge in [-0.15, -0.1) is 0 Å². The van der Waals surface area contributed by atoms with Crippen LogP contribution in [-0.2, 0) is 26.2 Å². The summed E-state index contributed by atoms with van der Waals surface area (Å²) in [5.74, 6) is -0.739. The molecule has 0 unspecified atom stereocenters. The van der Waals surface area contributed by atoms with Gasteiger partial charge in [-0.1, -0.05) is 48.9 Å². The highest BCUT2D eigenvalue weighted by atomic mass is 35.5. The van der Waals surface area contributed by atoms with E-state index >= 15 is 0 Å². The molecule has 2 aromatic rings. The van der Waals surface area contributed by atoms with E-state index < -0.39 is 28.5 Å². The number of amides is 2. The second-order valence-electron chi connectivity index (χ2n) is 7.98. The fraction of sp³-hybridized carbons (Fsp3) is 0.417. The number of sulfonamides is 1. The summed E-state index contributed by atoms with van der Waals surface area (Å²) >= 11 is 5.99. The molecule has 0 spiro atoms. The number of halogens is 1. The van der Waals surface area contributed by atoms with Crippen LogP contribution < -0.4 is 9.62 Å². The third kappa shape index (κ3) is 6.95. The Morgan fingerprint density at radius 3 is 2.09 bits per heavy atom. The topological polar surface area (TPSA) is 86.8 Å². The molecule has 0 aromatic heterocycles. The molecule has 0 aliphatic carbocycles. The van der Waals surface area contributed by atoms with Crippen LogP contribution in [0.3, 0.4) is 0 Å². The van der Waals surface area contributed by atoms with Crippen LogP contribution in [-0.4, -0.2) is 50.5 Å². The predicted octanol–water partition coefficient (Wildman–Crippen LogP) is 3.67. The Bertz CT molecular complexity index is 1070. The van der Waals surface area contributed by atoms with Crippen molar-refractivity contribution in [1.29, 1.82) is 0 Å². The van der Waals surface area contributed by atoms with Gasteiger partial charge < -0.3 is 10.2 Å². The van der Waals surface area contributed by atoms with Gasteiger partial charge in [0.25, 0.3) is 0 Å². The minimum Gasteiger partial charge on any atom is -0.355 e. The van der Waals surface area contributed by atoms with Gasteiger partial charge in [0, 0.05) is 18.1 Å². The van der Waals surface area contributed by atoms with E-state index in [0.717, 1.165) is 27.3 Å². The highest BCUT2D eigenvalue weighted by Crippen LogP contribution is 2.27. The maximum absolute atomic E-state index is 13.6. The van der Waals surface area contributed by atoms with E-state index in [0.29, 0.717) is 23.7 Å². The molecule has 33 heavy (non-hydrogen) atoms. The molecule has 0 aliphatic rings. The lowest BCUT2D eigenvalue weighted by atomic mass is 10.1. The van der Waals surface area contributed by atoms with Crippen molar-refractivity contribution in [3.63, 3.8) is 0 Å². The van der Waals surface area contributed by atoms with E-state index in [-0.39, 0.29) is 12.5 Å². The van der Waals surface area contributed by atoms with Crippen LogP contribution in [0.25, 0.3) is 0 Å². The largest absolute Gasteiger partial charge is 0.355 e. The van der Waals surface area contributed by atoms with Gasteiger partial charge in [-0.05, 0) is 56.0 Å². The summed E-state index contributed by atoms with van der Waals surface area (Å²) in [6.45, 7) is 7.41. The second-order valence-corrected chi connectivity index (χ2v) is 10.3. The van der Waals surface area contributed by atoms with Crippen molar-refractivity contribution in [3.8, 4) is 0 Å². The van der Waals surface area contributed by atoms with Crippen LogP contribution in [0.4, 0.5) is 5.69 Å². The normalized spacial score (nSPS) is 12.2. The summed E-state index contributed by atoms with van der Waals surface area (Å²) in [6.07, 6.45) is 1.46. The van der Waals surface area contributed by atoms with Crippen molar-refractivity contribution in [2.75, 3.05) is 23.7 Å². The molecule has 0 heterocycles. The van der Waals surface area contributed by atoms with Gasteiger partial charge in [0.15, 0.2) is 0 Å². The van der Waals surface area contributed by atoms with Crippen LogP contribution >= 0.6 is 11.6 Å². The Labute approximate surface area is 201 Å². The molecule has 7 nitrogen and oxygen atoms in total. The van der Waals surface area contributed by atoms with Crippen molar-refractivity contribution in [2.45, 2.75) is 46.7 Å². The van der Waals surface area contributed by atoms with E-state index in [2.05, 4.69) is 5.32 Å². The summed E-state index contributed by atoms with van der Waals surface area (Å²) in [5, 5.41) is 3.34. The number of rotatable bonds is 10. The molecular weight excluding hydrogens is 462 g/mol. The Morgan fingerprint density at radius 1 is 1.03 bits per heavy atom. The Kier molecular flexibility index (Phi) is 9.31. The fourth-order valence-electron chi connectivity index (χ4n) is 3.77. The Morgan fingerprint density at radius 2 is 1.61 bits per heavy atom. The van der Waals surface area contributed by atoms with Gasteiger partial charge in [0.05, 0.1) is 11.9 Å². The molecule has 180 valence electrons. The quantitative estimate of drug-likeness (QED) is 0.547. The van der Waals surface area contributed by atoms with Gasteiger partial charge in [-0.2, -0.15) is 0 Å². The maximum Gasteiger partial charge on any atom is 0.244 e. The molecule has 9 heteroatoms. The van der Waals surface area contributed by atoms with Gasteiger partial charge in [-0.3, -0.25) is 13.9 Å². The zero-order chi connectivity index (χ0) is 24.8. The summed E-state index contributed by atoms with van der Waals surface area (Å²) in [5.41, 5.74) is 2.75. The number of hydrogen-bond donors (Lipinski definition) is 1. The molecule has 2 amide bonds. The molecule has 2 rings (SSSR count). The third-order valence-corrected chi connectivity index (χ3v) is 6.74. The Hall–Kier alpha value is -2.58. The van der Waals surface area contributed by atoms with E-state index in [4.69, 9.17) is 11.6 Å². The monoisotopic (exact) mass is 493 g/mol. The second kappa shape index (κ2) is 11.5. The SMILES string of the molecule is CCNC(=O)[C@H](CC)N(Cc1ccc(Cl)cc1)C(=O)CN(c1c(C)cccc1C)S(C)(=O)=O. The number of anilines is 1. The molecule has 0 bridgehead atoms. The number of likely N-dealkylation sites (N-methyl/N-ethyl adjacent to an activating group) is 1. The first-order chi connectivity index (χ1) is 15.5. The number of hydrogen-bond acceptors (Lipinski definition) is 4. The van der Waals surface area contributed by atoms with E-state index in [1.165, 1.54) is 4.90 Å². The van der Waals surface area contributed by atoms with Crippen molar-refractivity contribution in [3.05, 3.63) is 64.2 Å². The Balaban J connectivity index is 2.48. The number of para-hydroxylation sites is 1. The smallest absolute Gasteiger partial charge is 0.244 e. The third-order valence-electron chi connectivity index (χ3n) is 5.37. The predicted molar refractivity (Wildman–Crippen MR) is 133 cm³/mol. The molecular formula is C24H32ClN3O4S. The number of carbonyl (C=O) groups is 2. The van der Waals surface area contributed by atoms with Gasteiger partial charge in [-0.25, -0.2) is 8.42 Å². The van der Waals surface area contributed by atoms with Crippen molar-refractivity contribution < 1.29 is 18.0 Å². The number of nitrogens with one attached hydrogen (secondary N) is 1. The molecule has 2 aromatic carbocycles. The van der Waals surface area contributed by atoms with Crippen molar-refractivity contribution in [2.24, 2.45) is 0 Å². The molecule has 1 atom stereocenters. The lowest BCUT2D eigenvalue weighted by Gasteiger charge is -2.33. The lowest BCUT2D eigenvalue weighted by molar-refractivity contribution is -0.140. The zero-order valence-electron chi connectivity index (χ0n) is 19.8. The van der Waals surface area contributed by atoms with E-state index in [1.807, 2.05) is 19.9 Å².